The highest BCUT2D eigenvalue weighted by Gasteiger charge is 2.31. The first kappa shape index (κ1) is 16.6. The molecule has 6 nitrogen and oxygen atoms in total. The van der Waals surface area contributed by atoms with Crippen LogP contribution in [0.2, 0.25) is 0 Å². The molecule has 1 aliphatic heterocycles. The molecular weight excluding hydrogens is 302 g/mol. The molecule has 1 atom stereocenters. The minimum Gasteiger partial charge on any atom is -0.339 e. The molecule has 0 spiro atoms. The third-order valence-electron chi connectivity index (χ3n) is 4.73. The Morgan fingerprint density at radius 1 is 1.25 bits per heavy atom. The van der Waals surface area contributed by atoms with E-state index in [0.717, 1.165) is 31.2 Å². The molecule has 0 bridgehead atoms. The van der Waals surface area contributed by atoms with E-state index in [9.17, 15) is 4.79 Å². The number of rotatable bonds is 5. The summed E-state index contributed by atoms with van der Waals surface area (Å²) in [6.45, 7) is 5.51. The fourth-order valence-corrected chi connectivity index (χ4v) is 3.31. The van der Waals surface area contributed by atoms with Gasteiger partial charge in [0, 0.05) is 57.4 Å². The molecule has 0 aromatic carbocycles. The number of piperazine rings is 1. The van der Waals surface area contributed by atoms with Gasteiger partial charge in [0.25, 0.3) is 0 Å². The SMILES string of the molecule is CCN1CCN(C(=O)CCc2ccccn2)CC1c1nccn1C. The van der Waals surface area contributed by atoms with E-state index >= 15 is 0 Å². The molecule has 0 N–H and O–H groups in total. The number of pyridine rings is 1. The first-order valence-electron chi connectivity index (χ1n) is 8.58. The van der Waals surface area contributed by atoms with Crippen molar-refractivity contribution in [3.63, 3.8) is 0 Å². The summed E-state index contributed by atoms with van der Waals surface area (Å²) in [4.78, 5) is 25.8. The lowest BCUT2D eigenvalue weighted by Gasteiger charge is -2.40. The van der Waals surface area contributed by atoms with Crippen LogP contribution >= 0.6 is 0 Å². The predicted molar refractivity (Wildman–Crippen MR) is 92.3 cm³/mol. The lowest BCUT2D eigenvalue weighted by molar-refractivity contribution is -0.134. The fourth-order valence-electron chi connectivity index (χ4n) is 3.31. The maximum absolute atomic E-state index is 12.6. The number of nitrogens with zero attached hydrogens (tertiary/aromatic N) is 5. The van der Waals surface area contributed by atoms with Crippen LogP contribution in [0.25, 0.3) is 0 Å². The van der Waals surface area contributed by atoms with Gasteiger partial charge in [0.1, 0.15) is 5.82 Å². The van der Waals surface area contributed by atoms with E-state index in [-0.39, 0.29) is 11.9 Å². The van der Waals surface area contributed by atoms with Crippen molar-refractivity contribution in [3.8, 4) is 0 Å². The van der Waals surface area contributed by atoms with Crippen molar-refractivity contribution in [2.45, 2.75) is 25.8 Å². The van der Waals surface area contributed by atoms with Crippen LogP contribution in [0, 0.1) is 0 Å². The molecule has 1 amide bonds. The maximum Gasteiger partial charge on any atom is 0.223 e. The summed E-state index contributed by atoms with van der Waals surface area (Å²) in [6, 6.07) is 6.00. The van der Waals surface area contributed by atoms with Gasteiger partial charge in [-0.25, -0.2) is 4.98 Å². The smallest absolute Gasteiger partial charge is 0.223 e. The van der Waals surface area contributed by atoms with Crippen LogP contribution in [0.5, 0.6) is 0 Å². The summed E-state index contributed by atoms with van der Waals surface area (Å²) in [5.41, 5.74) is 0.971. The quantitative estimate of drug-likeness (QED) is 0.838. The summed E-state index contributed by atoms with van der Waals surface area (Å²) in [7, 11) is 2.01. The lowest BCUT2D eigenvalue weighted by Crippen LogP contribution is -2.51. The van der Waals surface area contributed by atoms with Gasteiger partial charge in [-0.3, -0.25) is 14.7 Å². The van der Waals surface area contributed by atoms with Crippen molar-refractivity contribution in [2.75, 3.05) is 26.2 Å². The molecule has 128 valence electrons. The molecule has 0 aliphatic carbocycles. The van der Waals surface area contributed by atoms with Crippen LogP contribution < -0.4 is 0 Å². The molecule has 6 heteroatoms. The zero-order valence-corrected chi connectivity index (χ0v) is 14.4. The first-order valence-corrected chi connectivity index (χ1v) is 8.58. The maximum atomic E-state index is 12.6. The minimum absolute atomic E-state index is 0.169. The molecule has 1 aliphatic rings. The number of likely N-dealkylation sites (N-methyl/N-ethyl adjacent to an activating group) is 1. The second-order valence-corrected chi connectivity index (χ2v) is 6.20. The van der Waals surface area contributed by atoms with Gasteiger partial charge in [-0.2, -0.15) is 0 Å². The molecule has 2 aromatic rings. The van der Waals surface area contributed by atoms with Crippen LogP contribution in [0.15, 0.2) is 36.8 Å². The van der Waals surface area contributed by atoms with E-state index in [1.807, 2.05) is 42.5 Å². The Labute approximate surface area is 143 Å². The predicted octanol–water partition coefficient (Wildman–Crippen LogP) is 1.65. The standard InChI is InChI=1S/C18H25N5O/c1-3-22-12-13-23(14-16(22)18-20-10-11-21(18)2)17(24)8-7-15-6-4-5-9-19-15/h4-6,9-11,16H,3,7-8,12-14H2,1-2H3. The van der Waals surface area contributed by atoms with Crippen LogP contribution in [0.1, 0.15) is 30.9 Å². The number of hydrogen-bond donors (Lipinski definition) is 0. The van der Waals surface area contributed by atoms with Crippen molar-refractivity contribution in [3.05, 3.63) is 48.3 Å². The minimum atomic E-state index is 0.169. The highest BCUT2D eigenvalue weighted by Crippen LogP contribution is 2.24. The van der Waals surface area contributed by atoms with E-state index in [4.69, 9.17) is 0 Å². The molecule has 2 aromatic heterocycles. The molecule has 0 saturated carbocycles. The Morgan fingerprint density at radius 2 is 2.12 bits per heavy atom. The van der Waals surface area contributed by atoms with E-state index < -0.39 is 0 Å². The van der Waals surface area contributed by atoms with Gasteiger partial charge in [0.2, 0.25) is 5.91 Å². The van der Waals surface area contributed by atoms with Crippen molar-refractivity contribution >= 4 is 5.91 Å². The van der Waals surface area contributed by atoms with Crippen LogP contribution in [-0.2, 0) is 18.3 Å². The number of aryl methyl sites for hydroxylation is 2. The summed E-state index contributed by atoms with van der Waals surface area (Å²) >= 11 is 0. The Bertz CT molecular complexity index is 669. The van der Waals surface area contributed by atoms with Crippen LogP contribution in [0.3, 0.4) is 0 Å². The topological polar surface area (TPSA) is 54.3 Å². The second kappa shape index (κ2) is 7.57. The van der Waals surface area contributed by atoms with Crippen molar-refractivity contribution in [1.82, 2.24) is 24.3 Å². The Kier molecular flexibility index (Phi) is 5.25. The van der Waals surface area contributed by atoms with Crippen molar-refractivity contribution in [2.24, 2.45) is 7.05 Å². The van der Waals surface area contributed by atoms with E-state index in [1.165, 1.54) is 0 Å². The molecular formula is C18H25N5O. The second-order valence-electron chi connectivity index (χ2n) is 6.20. The zero-order valence-electron chi connectivity index (χ0n) is 14.4. The molecule has 1 unspecified atom stereocenters. The number of carbonyl (C=O) groups is 1. The van der Waals surface area contributed by atoms with Crippen molar-refractivity contribution in [1.29, 1.82) is 0 Å². The Morgan fingerprint density at radius 3 is 2.79 bits per heavy atom. The molecule has 1 fully saturated rings. The zero-order chi connectivity index (χ0) is 16.9. The van der Waals surface area contributed by atoms with Gasteiger partial charge in [0.15, 0.2) is 0 Å². The average Bonchev–Trinajstić information content (AvgIpc) is 3.05. The monoisotopic (exact) mass is 327 g/mol. The lowest BCUT2D eigenvalue weighted by atomic mass is 10.1. The summed E-state index contributed by atoms with van der Waals surface area (Å²) in [5.74, 6) is 1.23. The highest BCUT2D eigenvalue weighted by molar-refractivity contribution is 5.76. The van der Waals surface area contributed by atoms with Crippen LogP contribution in [-0.4, -0.2) is 56.4 Å². The molecule has 3 rings (SSSR count). The summed E-state index contributed by atoms with van der Waals surface area (Å²) < 4.78 is 2.05. The highest BCUT2D eigenvalue weighted by atomic mass is 16.2. The van der Waals surface area contributed by atoms with E-state index in [2.05, 4.69) is 26.4 Å². The van der Waals surface area contributed by atoms with E-state index in [1.54, 1.807) is 6.20 Å². The number of imidazole rings is 1. The number of aromatic nitrogens is 3. The third kappa shape index (κ3) is 3.64. The van der Waals surface area contributed by atoms with Gasteiger partial charge in [0.05, 0.1) is 6.04 Å². The summed E-state index contributed by atoms with van der Waals surface area (Å²) in [6.07, 6.45) is 6.77. The van der Waals surface area contributed by atoms with Crippen molar-refractivity contribution < 1.29 is 4.79 Å². The van der Waals surface area contributed by atoms with Gasteiger partial charge in [-0.05, 0) is 25.1 Å². The van der Waals surface area contributed by atoms with Gasteiger partial charge in [-0.1, -0.05) is 13.0 Å². The number of hydrogen-bond acceptors (Lipinski definition) is 4. The van der Waals surface area contributed by atoms with Gasteiger partial charge in [-0.15, -0.1) is 0 Å². The molecule has 0 radical (unpaired) electrons. The first-order chi connectivity index (χ1) is 11.7. The molecule has 3 heterocycles. The third-order valence-corrected chi connectivity index (χ3v) is 4.73. The normalized spacial score (nSPS) is 18.8. The Hall–Kier alpha value is -2.21. The van der Waals surface area contributed by atoms with E-state index in [0.29, 0.717) is 19.4 Å². The Balaban J connectivity index is 1.64. The van der Waals surface area contributed by atoms with Gasteiger partial charge >= 0.3 is 0 Å². The number of carbonyl (C=O) groups excluding carboxylic acids is 1. The van der Waals surface area contributed by atoms with Crippen LogP contribution in [0.4, 0.5) is 0 Å². The fraction of sp³-hybridized carbons (Fsp3) is 0.500. The summed E-state index contributed by atoms with van der Waals surface area (Å²) in [5, 5.41) is 0. The molecule has 1 saturated heterocycles. The molecule has 24 heavy (non-hydrogen) atoms. The average molecular weight is 327 g/mol. The van der Waals surface area contributed by atoms with Gasteiger partial charge < -0.3 is 9.47 Å². The number of amides is 1. The largest absolute Gasteiger partial charge is 0.339 e.